The minimum absolute atomic E-state index is 0.264. The third-order valence-electron chi connectivity index (χ3n) is 5.14. The van der Waals surface area contributed by atoms with E-state index in [2.05, 4.69) is 16.2 Å². The van der Waals surface area contributed by atoms with Crippen molar-refractivity contribution in [1.29, 1.82) is 0 Å². The van der Waals surface area contributed by atoms with Crippen LogP contribution in [0.1, 0.15) is 11.1 Å². The monoisotopic (exact) mass is 380 g/mol. The van der Waals surface area contributed by atoms with E-state index in [1.165, 1.54) is 10.5 Å². The Morgan fingerprint density at radius 2 is 1.74 bits per heavy atom. The van der Waals surface area contributed by atoms with Crippen LogP contribution in [0.2, 0.25) is 5.02 Å². The lowest BCUT2D eigenvalue weighted by molar-refractivity contribution is -0.918. The molecule has 0 saturated carbocycles. The van der Waals surface area contributed by atoms with Gasteiger partial charge in [0, 0.05) is 16.1 Å². The third-order valence-corrected chi connectivity index (χ3v) is 5.51. The molecule has 4 nitrogen and oxygen atoms in total. The van der Waals surface area contributed by atoms with Gasteiger partial charge < -0.3 is 10.0 Å². The zero-order chi connectivity index (χ0) is 18.6. The van der Waals surface area contributed by atoms with E-state index in [0.29, 0.717) is 0 Å². The summed E-state index contributed by atoms with van der Waals surface area (Å²) in [5.74, 6) is 0.264. The number of hydrazone groups is 1. The van der Waals surface area contributed by atoms with Crippen molar-refractivity contribution in [2.24, 2.45) is 5.10 Å². The van der Waals surface area contributed by atoms with Crippen molar-refractivity contribution in [2.45, 2.75) is 6.54 Å². The van der Waals surface area contributed by atoms with E-state index in [9.17, 15) is 5.11 Å². The lowest BCUT2D eigenvalue weighted by atomic mass is 10.0. The van der Waals surface area contributed by atoms with Crippen LogP contribution in [0.15, 0.2) is 65.8 Å². The van der Waals surface area contributed by atoms with E-state index in [-0.39, 0.29) is 5.75 Å². The second-order valence-electron chi connectivity index (χ2n) is 6.94. The molecule has 1 heterocycles. The van der Waals surface area contributed by atoms with Crippen LogP contribution >= 0.6 is 11.6 Å². The summed E-state index contributed by atoms with van der Waals surface area (Å²) in [6.45, 7) is 4.76. The maximum absolute atomic E-state index is 10.2. The van der Waals surface area contributed by atoms with Crippen LogP contribution in [-0.2, 0) is 6.54 Å². The molecular weight excluding hydrogens is 358 g/mol. The fraction of sp³-hybridized carbons (Fsp3) is 0.227. The summed E-state index contributed by atoms with van der Waals surface area (Å²) >= 11 is 6.28. The topological polar surface area (TPSA) is 40.3 Å². The summed E-state index contributed by atoms with van der Waals surface area (Å²) in [6.07, 6.45) is 1.79. The Bertz CT molecular complexity index is 965. The number of phenolic OH excluding ortho intramolecular Hbond substituents is 1. The molecule has 0 aliphatic carbocycles. The molecular formula is C22H23ClN3O+. The highest BCUT2D eigenvalue weighted by atomic mass is 35.5. The van der Waals surface area contributed by atoms with Gasteiger partial charge >= 0.3 is 0 Å². The molecule has 0 spiro atoms. The largest absolute Gasteiger partial charge is 0.507 e. The van der Waals surface area contributed by atoms with Gasteiger partial charge in [0.2, 0.25) is 0 Å². The number of phenols is 1. The fourth-order valence-corrected chi connectivity index (χ4v) is 3.78. The predicted molar refractivity (Wildman–Crippen MR) is 111 cm³/mol. The van der Waals surface area contributed by atoms with E-state index >= 15 is 0 Å². The highest BCUT2D eigenvalue weighted by molar-refractivity contribution is 6.31. The van der Waals surface area contributed by atoms with Crippen LogP contribution in [0.25, 0.3) is 10.8 Å². The first kappa shape index (κ1) is 17.8. The molecule has 0 bridgehead atoms. The Morgan fingerprint density at radius 1 is 1.00 bits per heavy atom. The average Bonchev–Trinajstić information content (AvgIpc) is 2.70. The number of aromatic hydroxyl groups is 1. The maximum Gasteiger partial charge on any atom is 0.125 e. The van der Waals surface area contributed by atoms with E-state index in [1.54, 1.807) is 12.3 Å². The van der Waals surface area contributed by atoms with Crippen LogP contribution in [0, 0.1) is 0 Å². The van der Waals surface area contributed by atoms with Crippen LogP contribution < -0.4 is 4.90 Å². The summed E-state index contributed by atoms with van der Waals surface area (Å²) in [5, 5.41) is 19.9. The van der Waals surface area contributed by atoms with Gasteiger partial charge in [-0.3, -0.25) is 5.01 Å². The summed E-state index contributed by atoms with van der Waals surface area (Å²) in [5.41, 5.74) is 1.98. The van der Waals surface area contributed by atoms with Crippen molar-refractivity contribution in [2.75, 3.05) is 26.2 Å². The number of nitrogens with one attached hydrogen (secondary N) is 1. The molecule has 0 aromatic heterocycles. The van der Waals surface area contributed by atoms with Crippen molar-refractivity contribution < 1.29 is 10.0 Å². The normalized spacial score (nSPS) is 15.7. The number of benzene rings is 3. The quantitative estimate of drug-likeness (QED) is 0.683. The van der Waals surface area contributed by atoms with Gasteiger partial charge in [0.25, 0.3) is 0 Å². The molecule has 1 fully saturated rings. The van der Waals surface area contributed by atoms with Gasteiger partial charge in [-0.25, -0.2) is 0 Å². The SMILES string of the molecule is Oc1ccc2ccccc2c1/C=N/N1CC[NH+](Cc2ccccc2Cl)CC1. The van der Waals surface area contributed by atoms with Crippen LogP contribution in [0.3, 0.4) is 0 Å². The summed E-state index contributed by atoms with van der Waals surface area (Å²) < 4.78 is 0. The van der Waals surface area contributed by atoms with Crippen molar-refractivity contribution in [1.82, 2.24) is 5.01 Å². The van der Waals surface area contributed by atoms with Gasteiger partial charge in [0.1, 0.15) is 12.3 Å². The van der Waals surface area contributed by atoms with Crippen molar-refractivity contribution in [3.63, 3.8) is 0 Å². The zero-order valence-electron chi connectivity index (χ0n) is 15.1. The molecule has 0 amide bonds. The Morgan fingerprint density at radius 3 is 2.56 bits per heavy atom. The lowest BCUT2D eigenvalue weighted by Crippen LogP contribution is -3.13. The van der Waals surface area contributed by atoms with Gasteiger partial charge in [-0.05, 0) is 22.9 Å². The number of quaternary nitrogens is 1. The van der Waals surface area contributed by atoms with Crippen molar-refractivity contribution in [3.8, 4) is 5.75 Å². The van der Waals surface area contributed by atoms with E-state index in [0.717, 1.165) is 54.1 Å². The lowest BCUT2D eigenvalue weighted by Gasteiger charge is -2.30. The molecule has 1 saturated heterocycles. The molecule has 3 aromatic carbocycles. The standard InChI is InChI=1S/C22H22ClN3O/c23-21-8-4-2-6-18(21)16-25-11-13-26(14-12-25)24-15-20-19-7-3-1-5-17(19)9-10-22(20)27/h1-10,15,27H,11-14,16H2/p+1/b24-15+. The first-order valence-corrected chi connectivity index (χ1v) is 9.65. The second kappa shape index (κ2) is 7.99. The number of halogens is 1. The van der Waals surface area contributed by atoms with Crippen LogP contribution in [0.4, 0.5) is 0 Å². The van der Waals surface area contributed by atoms with Crippen LogP contribution in [0.5, 0.6) is 5.75 Å². The van der Waals surface area contributed by atoms with Crippen molar-refractivity contribution in [3.05, 3.63) is 76.8 Å². The minimum atomic E-state index is 0.264. The zero-order valence-corrected chi connectivity index (χ0v) is 15.9. The van der Waals surface area contributed by atoms with Gasteiger partial charge in [-0.15, -0.1) is 0 Å². The molecule has 1 aliphatic rings. The number of rotatable bonds is 4. The molecule has 2 N–H and O–H groups in total. The molecule has 0 radical (unpaired) electrons. The van der Waals surface area contributed by atoms with E-state index in [1.807, 2.05) is 48.5 Å². The maximum atomic E-state index is 10.2. The smallest absolute Gasteiger partial charge is 0.125 e. The van der Waals surface area contributed by atoms with Gasteiger partial charge in [-0.1, -0.05) is 60.1 Å². The molecule has 1 aliphatic heterocycles. The van der Waals surface area contributed by atoms with Gasteiger partial charge in [-0.2, -0.15) is 5.10 Å². The summed E-state index contributed by atoms with van der Waals surface area (Å²) in [7, 11) is 0. The predicted octanol–water partition coefficient (Wildman–Crippen LogP) is 2.93. The minimum Gasteiger partial charge on any atom is -0.507 e. The van der Waals surface area contributed by atoms with E-state index < -0.39 is 0 Å². The Kier molecular flexibility index (Phi) is 5.28. The van der Waals surface area contributed by atoms with Crippen molar-refractivity contribution >= 4 is 28.6 Å². The number of hydrogen-bond donors (Lipinski definition) is 2. The molecule has 0 unspecified atom stereocenters. The Hall–Kier alpha value is -2.56. The molecule has 138 valence electrons. The molecule has 0 atom stereocenters. The number of piperazine rings is 1. The number of nitrogens with zero attached hydrogens (tertiary/aromatic N) is 2. The first-order chi connectivity index (χ1) is 13.2. The second-order valence-corrected chi connectivity index (χ2v) is 7.34. The average molecular weight is 381 g/mol. The number of hydrogen-bond acceptors (Lipinski definition) is 3. The van der Waals surface area contributed by atoms with Gasteiger partial charge in [0.15, 0.2) is 0 Å². The molecule has 4 rings (SSSR count). The van der Waals surface area contributed by atoms with E-state index in [4.69, 9.17) is 11.6 Å². The molecule has 3 aromatic rings. The highest BCUT2D eigenvalue weighted by Gasteiger charge is 2.19. The third kappa shape index (κ3) is 4.07. The molecule has 5 heteroatoms. The molecule has 27 heavy (non-hydrogen) atoms. The Labute approximate surface area is 164 Å². The Balaban J connectivity index is 1.41. The van der Waals surface area contributed by atoms with Gasteiger partial charge in [0.05, 0.1) is 32.4 Å². The first-order valence-electron chi connectivity index (χ1n) is 9.27. The number of fused-ring (bicyclic) bond motifs is 1. The summed E-state index contributed by atoms with van der Waals surface area (Å²) in [4.78, 5) is 1.52. The summed E-state index contributed by atoms with van der Waals surface area (Å²) in [6, 6.07) is 19.8. The van der Waals surface area contributed by atoms with Crippen LogP contribution in [-0.4, -0.2) is 42.5 Å². The fourth-order valence-electron chi connectivity index (χ4n) is 3.57. The highest BCUT2D eigenvalue weighted by Crippen LogP contribution is 2.25.